The summed E-state index contributed by atoms with van der Waals surface area (Å²) in [6.45, 7) is 4.43. The molecule has 0 aliphatic rings. The van der Waals surface area contributed by atoms with Crippen LogP contribution < -0.4 is 10.5 Å². The van der Waals surface area contributed by atoms with Crippen molar-refractivity contribution in [3.05, 3.63) is 11.6 Å². The van der Waals surface area contributed by atoms with Gasteiger partial charge in [-0.3, -0.25) is 5.84 Å². The molecule has 4 nitrogen and oxygen atoms in total. The van der Waals surface area contributed by atoms with Crippen LogP contribution in [0.1, 0.15) is 64.0 Å². The van der Waals surface area contributed by atoms with Gasteiger partial charge in [-0.2, -0.15) is 0 Å². The molecule has 0 aliphatic carbocycles. The molecule has 1 aromatic rings. The van der Waals surface area contributed by atoms with E-state index < -0.39 is 0 Å². The van der Waals surface area contributed by atoms with Crippen molar-refractivity contribution in [3.63, 3.8) is 0 Å². The lowest BCUT2D eigenvalue weighted by atomic mass is 10.2. The molecule has 0 saturated heterocycles. The summed E-state index contributed by atoms with van der Waals surface area (Å²) in [5.41, 5.74) is 0. The van der Waals surface area contributed by atoms with Crippen LogP contribution in [0.15, 0.2) is 0 Å². The van der Waals surface area contributed by atoms with Gasteiger partial charge in [-0.15, -0.1) is 9.36 Å². The van der Waals surface area contributed by atoms with Crippen molar-refractivity contribution in [2.24, 2.45) is 7.05 Å². The van der Waals surface area contributed by atoms with Crippen LogP contribution in [0.25, 0.3) is 0 Å². The molecule has 4 heteroatoms. The van der Waals surface area contributed by atoms with Crippen molar-refractivity contribution in [1.29, 1.82) is 0 Å². The van der Waals surface area contributed by atoms with E-state index in [-0.39, 0.29) is 0 Å². The molecule has 17 heavy (non-hydrogen) atoms. The zero-order valence-electron chi connectivity index (χ0n) is 11.6. The number of rotatable bonds is 8. The van der Waals surface area contributed by atoms with E-state index in [2.05, 4.69) is 18.9 Å². The van der Waals surface area contributed by atoms with Gasteiger partial charge in [0.05, 0.1) is 7.05 Å². The van der Waals surface area contributed by atoms with Crippen LogP contribution in [-0.4, -0.2) is 9.78 Å². The third kappa shape index (κ3) is 4.02. The number of nitrogen functional groups attached to an aromatic ring is 1. The van der Waals surface area contributed by atoms with Gasteiger partial charge in [0.2, 0.25) is 0 Å². The van der Waals surface area contributed by atoms with Gasteiger partial charge in [0.15, 0.2) is 0 Å². The fourth-order valence-corrected chi connectivity index (χ4v) is 2.10. The monoisotopic (exact) mass is 239 g/mol. The van der Waals surface area contributed by atoms with Crippen molar-refractivity contribution in [1.82, 2.24) is 9.78 Å². The van der Waals surface area contributed by atoms with E-state index in [1.807, 2.05) is 11.7 Å². The highest BCUT2D eigenvalue weighted by Gasteiger charge is 2.20. The van der Waals surface area contributed by atoms with Crippen LogP contribution in [-0.2, 0) is 19.9 Å². The Kier molecular flexibility index (Phi) is 6.01. The number of unbranched alkanes of at least 4 members (excludes halogenated alkanes) is 4. The predicted molar refractivity (Wildman–Crippen MR) is 70.0 cm³/mol. The fourth-order valence-electron chi connectivity index (χ4n) is 2.10. The van der Waals surface area contributed by atoms with E-state index in [0.29, 0.717) is 0 Å². The molecule has 2 N–H and O–H groups in total. The molecule has 0 spiro atoms. The number of nitrogens with zero attached hydrogens (tertiary/aromatic N) is 3. The summed E-state index contributed by atoms with van der Waals surface area (Å²) in [5.74, 6) is 8.27. The topological polar surface area (TPSA) is 47.7 Å². The molecule has 1 heterocycles. The lowest BCUT2D eigenvalue weighted by molar-refractivity contribution is -0.655. The van der Waals surface area contributed by atoms with Crippen molar-refractivity contribution in [3.8, 4) is 0 Å². The maximum atomic E-state index is 6.10. The molecule has 0 aliphatic heterocycles. The summed E-state index contributed by atoms with van der Waals surface area (Å²) in [7, 11) is 1.99. The van der Waals surface area contributed by atoms with E-state index in [9.17, 15) is 0 Å². The molecule has 0 amide bonds. The normalized spacial score (nSPS) is 11.0. The first-order valence-electron chi connectivity index (χ1n) is 6.92. The number of hydrogen-bond donors (Lipinski definition) is 1. The zero-order chi connectivity index (χ0) is 12.7. The number of nitrogens with two attached hydrogens (primary N) is 1. The Hall–Kier alpha value is -1.06. The minimum atomic E-state index is 0.992. The first-order valence-corrected chi connectivity index (χ1v) is 6.92. The van der Waals surface area contributed by atoms with E-state index in [1.165, 1.54) is 38.5 Å². The van der Waals surface area contributed by atoms with E-state index in [0.717, 1.165) is 24.5 Å². The summed E-state index contributed by atoms with van der Waals surface area (Å²) in [5, 5.41) is 4.52. The van der Waals surface area contributed by atoms with Crippen molar-refractivity contribution in [2.45, 2.75) is 65.2 Å². The predicted octanol–water partition coefficient (Wildman–Crippen LogP) is 1.89. The lowest BCUT2D eigenvalue weighted by Crippen LogP contribution is -2.50. The second-order valence-electron chi connectivity index (χ2n) is 4.74. The smallest absolute Gasteiger partial charge is 0.289 e. The van der Waals surface area contributed by atoms with Crippen molar-refractivity contribution >= 4 is 0 Å². The SMILES string of the molecule is CCCCCc1nn(C)c(CCCCC)[n+]1N. The summed E-state index contributed by atoms with van der Waals surface area (Å²) in [6, 6.07) is 0. The van der Waals surface area contributed by atoms with Gasteiger partial charge in [-0.05, 0) is 12.8 Å². The molecule has 0 unspecified atom stereocenters. The van der Waals surface area contributed by atoms with Gasteiger partial charge in [0.1, 0.15) is 0 Å². The molecule has 0 aromatic carbocycles. The second kappa shape index (κ2) is 7.30. The third-order valence-electron chi connectivity index (χ3n) is 3.20. The van der Waals surface area contributed by atoms with Gasteiger partial charge in [-0.1, -0.05) is 39.5 Å². The van der Waals surface area contributed by atoms with Gasteiger partial charge in [0.25, 0.3) is 11.6 Å². The van der Waals surface area contributed by atoms with Crippen molar-refractivity contribution < 1.29 is 4.68 Å². The molecule has 1 aromatic heterocycles. The number of aryl methyl sites for hydroxylation is 2. The Morgan fingerprint density at radius 2 is 1.65 bits per heavy atom. The lowest BCUT2D eigenvalue weighted by Gasteiger charge is -1.98. The summed E-state index contributed by atoms with van der Waals surface area (Å²) in [6.07, 6.45) is 9.39. The minimum Gasteiger partial charge on any atom is -0.289 e. The minimum absolute atomic E-state index is 0.992. The van der Waals surface area contributed by atoms with Crippen LogP contribution in [0.3, 0.4) is 0 Å². The largest absolute Gasteiger partial charge is 0.299 e. The van der Waals surface area contributed by atoms with Gasteiger partial charge >= 0.3 is 0 Å². The van der Waals surface area contributed by atoms with Crippen molar-refractivity contribution in [2.75, 3.05) is 5.84 Å². The first kappa shape index (κ1) is 14.0. The fraction of sp³-hybridized carbons (Fsp3) is 0.846. The summed E-state index contributed by atoms with van der Waals surface area (Å²) < 4.78 is 3.74. The molecule has 0 atom stereocenters. The highest BCUT2D eigenvalue weighted by atomic mass is 15.5. The molecule has 0 fully saturated rings. The van der Waals surface area contributed by atoms with E-state index >= 15 is 0 Å². The molecular formula is C13H27N4+. The average Bonchev–Trinajstić information content (AvgIpc) is 2.57. The Balaban J connectivity index is 2.58. The Morgan fingerprint density at radius 1 is 1.06 bits per heavy atom. The maximum absolute atomic E-state index is 6.10. The summed E-state index contributed by atoms with van der Waals surface area (Å²) >= 11 is 0. The van der Waals surface area contributed by atoms with Gasteiger partial charge < -0.3 is 0 Å². The van der Waals surface area contributed by atoms with Crippen LogP contribution in [0, 0.1) is 0 Å². The van der Waals surface area contributed by atoms with Crippen LogP contribution >= 0.6 is 0 Å². The van der Waals surface area contributed by atoms with Crippen LogP contribution in [0.5, 0.6) is 0 Å². The van der Waals surface area contributed by atoms with Gasteiger partial charge in [0, 0.05) is 17.9 Å². The van der Waals surface area contributed by atoms with E-state index in [1.54, 1.807) is 4.68 Å². The van der Waals surface area contributed by atoms with E-state index in [4.69, 9.17) is 5.84 Å². The average molecular weight is 239 g/mol. The molecule has 0 bridgehead atoms. The van der Waals surface area contributed by atoms with Crippen LogP contribution in [0.4, 0.5) is 0 Å². The van der Waals surface area contributed by atoms with Gasteiger partial charge in [-0.25, -0.2) is 0 Å². The highest BCUT2D eigenvalue weighted by Crippen LogP contribution is 2.04. The first-order chi connectivity index (χ1) is 8.20. The molecule has 0 saturated carbocycles. The zero-order valence-corrected chi connectivity index (χ0v) is 11.6. The maximum Gasteiger partial charge on any atom is 0.299 e. The quantitative estimate of drug-likeness (QED) is 0.428. The summed E-state index contributed by atoms with van der Waals surface area (Å²) in [4.78, 5) is 0. The second-order valence-corrected chi connectivity index (χ2v) is 4.74. The number of hydrogen-bond acceptors (Lipinski definition) is 2. The molecule has 98 valence electrons. The highest BCUT2D eigenvalue weighted by molar-refractivity contribution is 4.82. The molecule has 1 rings (SSSR count). The number of aromatic nitrogens is 3. The van der Waals surface area contributed by atoms with Crippen LogP contribution in [0.2, 0.25) is 0 Å². The Morgan fingerprint density at radius 3 is 2.24 bits per heavy atom. The third-order valence-corrected chi connectivity index (χ3v) is 3.20. The Bertz CT molecular complexity index is 330. The Labute approximate surface area is 105 Å². The molecular weight excluding hydrogens is 212 g/mol. The standard InChI is InChI=1S/C13H27N4/c1-4-6-8-10-12-15-16(3)13(17(12)14)11-9-7-5-2/h4-11,14H2,1-3H3/q+1. The molecule has 0 radical (unpaired) electrons.